The Balaban J connectivity index is 2.18. The van der Waals surface area contributed by atoms with Crippen molar-refractivity contribution in [1.29, 1.82) is 0 Å². The van der Waals surface area contributed by atoms with Crippen LogP contribution in [-0.2, 0) is 6.42 Å². The van der Waals surface area contributed by atoms with E-state index in [0.717, 1.165) is 17.3 Å². The van der Waals surface area contributed by atoms with E-state index in [-0.39, 0.29) is 11.9 Å². The Hall–Kier alpha value is -1.81. The molecule has 0 fully saturated rings. The minimum Gasteiger partial charge on any atom is -0.322 e. The van der Waals surface area contributed by atoms with Crippen LogP contribution in [0.15, 0.2) is 36.5 Å². The molecule has 0 bridgehead atoms. The lowest BCUT2D eigenvalue weighted by molar-refractivity contribution is 0.608. The largest absolute Gasteiger partial charge is 0.322 e. The fourth-order valence-corrected chi connectivity index (χ4v) is 1.81. The number of rotatable bonds is 3. The molecule has 0 amide bonds. The summed E-state index contributed by atoms with van der Waals surface area (Å²) in [6, 6.07) is 7.11. The summed E-state index contributed by atoms with van der Waals surface area (Å²) in [6.45, 7) is 1.90. The zero-order chi connectivity index (χ0) is 13.1. The number of nitrogens with zero attached hydrogens (tertiary/aromatic N) is 1. The molecule has 2 rings (SSSR count). The van der Waals surface area contributed by atoms with E-state index in [9.17, 15) is 8.78 Å². The van der Waals surface area contributed by atoms with Crippen LogP contribution in [0.1, 0.15) is 22.9 Å². The van der Waals surface area contributed by atoms with Gasteiger partial charge in [0.15, 0.2) is 0 Å². The highest BCUT2D eigenvalue weighted by molar-refractivity contribution is 5.28. The summed E-state index contributed by atoms with van der Waals surface area (Å²) < 4.78 is 25.9. The molecule has 94 valence electrons. The normalized spacial score (nSPS) is 12.4. The van der Waals surface area contributed by atoms with Gasteiger partial charge in [-0.1, -0.05) is 6.07 Å². The summed E-state index contributed by atoms with van der Waals surface area (Å²) in [5.74, 6) is -0.678. The summed E-state index contributed by atoms with van der Waals surface area (Å²) in [4.78, 5) is 3.93. The second-order valence-electron chi connectivity index (χ2n) is 4.28. The second kappa shape index (κ2) is 5.23. The van der Waals surface area contributed by atoms with Gasteiger partial charge in [-0.2, -0.15) is 0 Å². The molecular weight excluding hydrogens is 234 g/mol. The van der Waals surface area contributed by atoms with Crippen LogP contribution in [-0.4, -0.2) is 4.98 Å². The molecule has 0 aliphatic carbocycles. The van der Waals surface area contributed by atoms with Gasteiger partial charge in [-0.3, -0.25) is 4.98 Å². The van der Waals surface area contributed by atoms with Gasteiger partial charge in [-0.15, -0.1) is 0 Å². The van der Waals surface area contributed by atoms with E-state index in [4.69, 9.17) is 5.73 Å². The molecule has 0 spiro atoms. The molecule has 0 saturated carbocycles. The molecule has 0 aliphatic rings. The Morgan fingerprint density at radius 1 is 1.17 bits per heavy atom. The molecule has 2 N–H and O–H groups in total. The van der Waals surface area contributed by atoms with Crippen molar-refractivity contribution in [2.24, 2.45) is 5.73 Å². The zero-order valence-corrected chi connectivity index (χ0v) is 10.0. The third-order valence-corrected chi connectivity index (χ3v) is 2.88. The highest BCUT2D eigenvalue weighted by Crippen LogP contribution is 2.18. The van der Waals surface area contributed by atoms with E-state index in [1.165, 1.54) is 18.2 Å². The van der Waals surface area contributed by atoms with Gasteiger partial charge >= 0.3 is 0 Å². The highest BCUT2D eigenvalue weighted by atomic mass is 19.1. The van der Waals surface area contributed by atoms with E-state index >= 15 is 0 Å². The zero-order valence-electron chi connectivity index (χ0n) is 10.0. The van der Waals surface area contributed by atoms with Crippen molar-refractivity contribution in [1.82, 2.24) is 4.98 Å². The Morgan fingerprint density at radius 2 is 1.89 bits per heavy atom. The van der Waals surface area contributed by atoms with Gasteiger partial charge in [0.2, 0.25) is 0 Å². The van der Waals surface area contributed by atoms with E-state index in [1.54, 1.807) is 12.1 Å². The molecule has 1 atom stereocenters. The van der Waals surface area contributed by atoms with Crippen molar-refractivity contribution in [3.8, 4) is 0 Å². The molecule has 1 aromatic carbocycles. The van der Waals surface area contributed by atoms with E-state index in [2.05, 4.69) is 4.98 Å². The molecule has 1 unspecified atom stereocenters. The predicted octanol–water partition coefficient (Wildman–Crippen LogP) is 2.91. The summed E-state index contributed by atoms with van der Waals surface area (Å²) in [6.07, 6.45) is 1.61. The molecule has 0 saturated heterocycles. The average molecular weight is 248 g/mol. The number of halogens is 2. The Kier molecular flexibility index (Phi) is 3.67. The first-order valence-electron chi connectivity index (χ1n) is 5.68. The molecule has 2 nitrogen and oxygen atoms in total. The quantitative estimate of drug-likeness (QED) is 0.907. The third kappa shape index (κ3) is 2.90. The summed E-state index contributed by atoms with van der Waals surface area (Å²) in [7, 11) is 0. The fraction of sp³-hybridized carbons (Fsp3) is 0.214. The lowest BCUT2D eigenvalue weighted by Crippen LogP contribution is -2.15. The molecule has 0 radical (unpaired) electrons. The molecule has 1 heterocycles. The van der Waals surface area contributed by atoms with E-state index in [1.807, 2.05) is 6.92 Å². The highest BCUT2D eigenvalue weighted by Gasteiger charge is 2.11. The van der Waals surface area contributed by atoms with Crippen molar-refractivity contribution >= 4 is 0 Å². The van der Waals surface area contributed by atoms with Crippen LogP contribution in [0.5, 0.6) is 0 Å². The molecular formula is C14H14F2N2. The minimum absolute atomic E-state index is 0.283. The van der Waals surface area contributed by atoms with Gasteiger partial charge in [0.1, 0.15) is 11.6 Å². The van der Waals surface area contributed by atoms with Crippen molar-refractivity contribution in [2.75, 3.05) is 0 Å². The van der Waals surface area contributed by atoms with Crippen LogP contribution in [0.4, 0.5) is 8.78 Å². The van der Waals surface area contributed by atoms with Crippen LogP contribution in [0, 0.1) is 18.6 Å². The van der Waals surface area contributed by atoms with Crippen molar-refractivity contribution < 1.29 is 8.78 Å². The van der Waals surface area contributed by atoms with Crippen molar-refractivity contribution in [3.05, 3.63) is 65.0 Å². The van der Waals surface area contributed by atoms with Gasteiger partial charge < -0.3 is 5.73 Å². The molecule has 18 heavy (non-hydrogen) atoms. The first-order chi connectivity index (χ1) is 8.56. The number of benzene rings is 1. The Labute approximate surface area is 104 Å². The maximum absolute atomic E-state index is 13.1. The number of aromatic nitrogens is 1. The minimum atomic E-state index is -0.395. The smallest absolute Gasteiger partial charge is 0.141 e. The molecule has 2 aromatic rings. The first kappa shape index (κ1) is 12.6. The SMILES string of the molecule is Cc1ccc(F)cc1CC(N)c1ccc(F)cn1. The number of pyridine rings is 1. The van der Waals surface area contributed by atoms with Crippen LogP contribution < -0.4 is 5.73 Å². The number of hydrogen-bond donors (Lipinski definition) is 1. The van der Waals surface area contributed by atoms with Crippen molar-refractivity contribution in [2.45, 2.75) is 19.4 Å². The lowest BCUT2D eigenvalue weighted by Gasteiger charge is -2.13. The number of aryl methyl sites for hydroxylation is 1. The molecule has 1 aromatic heterocycles. The lowest BCUT2D eigenvalue weighted by atomic mass is 9.99. The van der Waals surface area contributed by atoms with Crippen LogP contribution in [0.2, 0.25) is 0 Å². The van der Waals surface area contributed by atoms with E-state index in [0.29, 0.717) is 12.1 Å². The van der Waals surface area contributed by atoms with Gasteiger partial charge in [0, 0.05) is 0 Å². The standard InChI is InChI=1S/C14H14F2N2/c1-9-2-3-11(15)6-10(9)7-13(17)14-5-4-12(16)8-18-14/h2-6,8,13H,7,17H2,1H3. The van der Waals surface area contributed by atoms with Gasteiger partial charge in [0.05, 0.1) is 17.9 Å². The summed E-state index contributed by atoms with van der Waals surface area (Å²) in [5, 5.41) is 0. The second-order valence-corrected chi connectivity index (χ2v) is 4.28. The van der Waals surface area contributed by atoms with E-state index < -0.39 is 5.82 Å². The van der Waals surface area contributed by atoms with Crippen LogP contribution in [0.25, 0.3) is 0 Å². The Bertz CT molecular complexity index is 538. The topological polar surface area (TPSA) is 38.9 Å². The number of hydrogen-bond acceptors (Lipinski definition) is 2. The molecule has 4 heteroatoms. The summed E-state index contributed by atoms with van der Waals surface area (Å²) >= 11 is 0. The maximum atomic E-state index is 13.1. The number of nitrogens with two attached hydrogens (primary N) is 1. The van der Waals surface area contributed by atoms with Gasteiger partial charge in [0.25, 0.3) is 0 Å². The van der Waals surface area contributed by atoms with Gasteiger partial charge in [-0.25, -0.2) is 8.78 Å². The maximum Gasteiger partial charge on any atom is 0.141 e. The molecule has 0 aliphatic heterocycles. The van der Waals surface area contributed by atoms with Crippen LogP contribution in [0.3, 0.4) is 0 Å². The first-order valence-corrected chi connectivity index (χ1v) is 5.68. The van der Waals surface area contributed by atoms with Crippen molar-refractivity contribution in [3.63, 3.8) is 0 Å². The fourth-order valence-electron chi connectivity index (χ4n) is 1.81. The monoisotopic (exact) mass is 248 g/mol. The summed E-state index contributed by atoms with van der Waals surface area (Å²) in [5.41, 5.74) is 8.41. The van der Waals surface area contributed by atoms with Crippen LogP contribution >= 0.6 is 0 Å². The predicted molar refractivity (Wildman–Crippen MR) is 66.0 cm³/mol. The van der Waals surface area contributed by atoms with Gasteiger partial charge in [-0.05, 0) is 48.7 Å². The average Bonchev–Trinajstić information content (AvgIpc) is 2.34. The Morgan fingerprint density at radius 3 is 2.56 bits per heavy atom. The third-order valence-electron chi connectivity index (χ3n) is 2.88.